The molecule has 0 spiro atoms. The Morgan fingerprint density at radius 3 is 2.67 bits per heavy atom. The molecule has 0 radical (unpaired) electrons. The fourth-order valence-electron chi connectivity index (χ4n) is 4.86. The van der Waals surface area contributed by atoms with Gasteiger partial charge in [0.05, 0.1) is 5.02 Å². The summed E-state index contributed by atoms with van der Waals surface area (Å²) in [5, 5.41) is 3.80. The molecule has 27 heavy (non-hydrogen) atoms. The Hall–Kier alpha value is -1.82. The van der Waals surface area contributed by atoms with E-state index >= 15 is 0 Å². The first-order valence-corrected chi connectivity index (χ1v) is 10.4. The van der Waals surface area contributed by atoms with Crippen LogP contribution in [0, 0.1) is 11.8 Å². The number of anilines is 1. The van der Waals surface area contributed by atoms with Crippen LogP contribution < -0.4 is 10.2 Å². The largest absolute Gasteiger partial charge is 0.355 e. The first kappa shape index (κ1) is 18.5. The van der Waals surface area contributed by atoms with Crippen LogP contribution >= 0.6 is 11.6 Å². The van der Waals surface area contributed by atoms with Crippen LogP contribution in [0.2, 0.25) is 5.02 Å². The fourth-order valence-corrected chi connectivity index (χ4v) is 5.08. The number of nitrogens with one attached hydrogen (secondary N) is 1. The van der Waals surface area contributed by atoms with E-state index in [9.17, 15) is 9.59 Å². The number of hydrogen-bond donors (Lipinski definition) is 1. The Morgan fingerprint density at radius 1 is 1.15 bits per heavy atom. The highest BCUT2D eigenvalue weighted by molar-refractivity contribution is 6.33. The van der Waals surface area contributed by atoms with Crippen LogP contribution in [0.25, 0.3) is 0 Å². The lowest BCUT2D eigenvalue weighted by Crippen LogP contribution is -2.45. The van der Waals surface area contributed by atoms with Gasteiger partial charge < -0.3 is 15.1 Å². The van der Waals surface area contributed by atoms with Gasteiger partial charge in [0.25, 0.3) is 5.91 Å². The normalized spacial score (nSPS) is 27.6. The molecule has 1 aliphatic carbocycles. The van der Waals surface area contributed by atoms with Crippen LogP contribution in [0.3, 0.4) is 0 Å². The van der Waals surface area contributed by atoms with E-state index in [0.29, 0.717) is 28.4 Å². The van der Waals surface area contributed by atoms with Crippen molar-refractivity contribution in [3.63, 3.8) is 0 Å². The molecule has 1 saturated carbocycles. The number of rotatable bonds is 3. The molecule has 0 aromatic carbocycles. The second-order valence-electron chi connectivity index (χ2n) is 8.05. The van der Waals surface area contributed by atoms with Crippen LogP contribution in [0.1, 0.15) is 49.5 Å². The SMILES string of the molecule is CC(=O)N1CC2CCCC(NC(=O)c3ccc(Cl)c(N4CCCC4)n3)C2C1. The maximum Gasteiger partial charge on any atom is 0.270 e. The van der Waals surface area contributed by atoms with Crippen molar-refractivity contribution in [2.45, 2.75) is 45.1 Å². The van der Waals surface area contributed by atoms with Crippen molar-refractivity contribution in [1.82, 2.24) is 15.2 Å². The first-order chi connectivity index (χ1) is 13.0. The molecule has 6 nitrogen and oxygen atoms in total. The molecule has 0 bridgehead atoms. The number of amides is 2. The van der Waals surface area contributed by atoms with Gasteiger partial charge in [-0.2, -0.15) is 0 Å². The van der Waals surface area contributed by atoms with Crippen molar-refractivity contribution in [2.75, 3.05) is 31.1 Å². The Balaban J connectivity index is 1.47. The van der Waals surface area contributed by atoms with Crippen molar-refractivity contribution in [3.05, 3.63) is 22.8 Å². The smallest absolute Gasteiger partial charge is 0.270 e. The van der Waals surface area contributed by atoms with E-state index in [1.807, 2.05) is 4.90 Å². The Labute approximate surface area is 165 Å². The third kappa shape index (κ3) is 3.77. The minimum Gasteiger partial charge on any atom is -0.355 e. The van der Waals surface area contributed by atoms with Crippen molar-refractivity contribution < 1.29 is 9.59 Å². The molecule has 2 saturated heterocycles. The number of pyridine rings is 1. The molecule has 7 heteroatoms. The molecule has 146 valence electrons. The first-order valence-electron chi connectivity index (χ1n) is 10.0. The molecule has 3 aliphatic rings. The van der Waals surface area contributed by atoms with E-state index in [1.165, 1.54) is 0 Å². The fraction of sp³-hybridized carbons (Fsp3) is 0.650. The number of nitrogens with zero attached hydrogens (tertiary/aromatic N) is 3. The van der Waals surface area contributed by atoms with Gasteiger partial charge in [-0.25, -0.2) is 4.98 Å². The third-order valence-corrected chi connectivity index (χ3v) is 6.62. The van der Waals surface area contributed by atoms with Crippen molar-refractivity contribution >= 4 is 29.2 Å². The molecule has 1 aromatic heterocycles. The van der Waals surface area contributed by atoms with E-state index < -0.39 is 0 Å². The van der Waals surface area contributed by atoms with Gasteiger partial charge in [-0.3, -0.25) is 9.59 Å². The van der Waals surface area contributed by atoms with Gasteiger partial charge in [-0.05, 0) is 43.7 Å². The summed E-state index contributed by atoms with van der Waals surface area (Å²) in [4.78, 5) is 33.3. The predicted molar refractivity (Wildman–Crippen MR) is 105 cm³/mol. The van der Waals surface area contributed by atoms with E-state index in [0.717, 1.165) is 58.3 Å². The number of likely N-dealkylation sites (tertiary alicyclic amines) is 1. The second kappa shape index (κ2) is 7.66. The van der Waals surface area contributed by atoms with Gasteiger partial charge >= 0.3 is 0 Å². The van der Waals surface area contributed by atoms with Crippen LogP contribution in [0.15, 0.2) is 12.1 Å². The highest BCUT2D eigenvalue weighted by atomic mass is 35.5. The average Bonchev–Trinajstić information content (AvgIpc) is 3.32. The maximum absolute atomic E-state index is 12.9. The summed E-state index contributed by atoms with van der Waals surface area (Å²) in [5.41, 5.74) is 0.421. The van der Waals surface area contributed by atoms with Crippen molar-refractivity contribution in [3.8, 4) is 0 Å². The molecule has 3 atom stereocenters. The lowest BCUT2D eigenvalue weighted by molar-refractivity contribution is -0.128. The summed E-state index contributed by atoms with van der Waals surface area (Å²) in [5.74, 6) is 1.54. The molecule has 3 heterocycles. The van der Waals surface area contributed by atoms with Crippen LogP contribution in [-0.2, 0) is 4.79 Å². The molecular weight excluding hydrogens is 364 g/mol. The number of halogens is 1. The summed E-state index contributed by atoms with van der Waals surface area (Å²) in [6.07, 6.45) is 5.45. The van der Waals surface area contributed by atoms with Crippen LogP contribution in [0.5, 0.6) is 0 Å². The van der Waals surface area contributed by atoms with Crippen LogP contribution in [0.4, 0.5) is 5.82 Å². The maximum atomic E-state index is 12.9. The molecule has 2 aliphatic heterocycles. The highest BCUT2D eigenvalue weighted by Crippen LogP contribution is 2.36. The molecule has 4 rings (SSSR count). The van der Waals surface area contributed by atoms with Crippen molar-refractivity contribution in [1.29, 1.82) is 0 Å². The summed E-state index contributed by atoms with van der Waals surface area (Å²) >= 11 is 6.32. The minimum atomic E-state index is -0.140. The minimum absolute atomic E-state index is 0.105. The molecule has 1 aromatic rings. The zero-order valence-corrected chi connectivity index (χ0v) is 16.5. The number of fused-ring (bicyclic) bond motifs is 1. The van der Waals surface area contributed by atoms with Gasteiger partial charge in [-0.1, -0.05) is 18.0 Å². The zero-order chi connectivity index (χ0) is 19.0. The van der Waals surface area contributed by atoms with E-state index in [1.54, 1.807) is 19.1 Å². The lowest BCUT2D eigenvalue weighted by Gasteiger charge is -2.33. The second-order valence-corrected chi connectivity index (χ2v) is 8.46. The lowest BCUT2D eigenvalue weighted by atomic mass is 9.78. The van der Waals surface area contributed by atoms with Gasteiger partial charge in [0, 0.05) is 45.1 Å². The standard InChI is InChI=1S/C20H27ClN4O2/c1-13(26)25-11-14-5-4-6-17(15(14)12-25)23-20(27)18-8-7-16(21)19(22-18)24-9-2-3-10-24/h7-8,14-15,17H,2-6,9-12H2,1H3,(H,23,27). The summed E-state index contributed by atoms with van der Waals surface area (Å²) in [6.45, 7) is 5.07. The Bertz CT molecular complexity index is 735. The average molecular weight is 391 g/mol. The Morgan fingerprint density at radius 2 is 1.93 bits per heavy atom. The molecular formula is C20H27ClN4O2. The molecule has 2 amide bonds. The van der Waals surface area contributed by atoms with Crippen molar-refractivity contribution in [2.24, 2.45) is 11.8 Å². The van der Waals surface area contributed by atoms with E-state index in [-0.39, 0.29) is 17.9 Å². The van der Waals surface area contributed by atoms with Gasteiger partial charge in [-0.15, -0.1) is 0 Å². The molecule has 1 N–H and O–H groups in total. The number of aromatic nitrogens is 1. The topological polar surface area (TPSA) is 65.5 Å². The zero-order valence-electron chi connectivity index (χ0n) is 15.8. The van der Waals surface area contributed by atoms with Gasteiger partial charge in [0.2, 0.25) is 5.91 Å². The molecule has 3 fully saturated rings. The highest BCUT2D eigenvalue weighted by Gasteiger charge is 2.41. The number of hydrogen-bond acceptors (Lipinski definition) is 4. The van der Waals surface area contributed by atoms with Gasteiger partial charge in [0.15, 0.2) is 0 Å². The number of carbonyl (C=O) groups excluding carboxylic acids is 2. The predicted octanol–water partition coefficient (Wildman–Crippen LogP) is 2.71. The third-order valence-electron chi connectivity index (χ3n) is 6.33. The van der Waals surface area contributed by atoms with E-state index in [2.05, 4.69) is 15.2 Å². The summed E-state index contributed by atoms with van der Waals surface area (Å²) in [7, 11) is 0. The Kier molecular flexibility index (Phi) is 5.26. The number of carbonyl (C=O) groups is 2. The van der Waals surface area contributed by atoms with Crippen LogP contribution in [-0.4, -0.2) is 53.9 Å². The summed E-state index contributed by atoms with van der Waals surface area (Å²) < 4.78 is 0. The summed E-state index contributed by atoms with van der Waals surface area (Å²) in [6, 6.07) is 3.58. The molecule has 3 unspecified atom stereocenters. The quantitative estimate of drug-likeness (QED) is 0.861. The van der Waals surface area contributed by atoms with E-state index in [4.69, 9.17) is 11.6 Å². The monoisotopic (exact) mass is 390 g/mol. The van der Waals surface area contributed by atoms with Gasteiger partial charge in [0.1, 0.15) is 11.5 Å².